The predicted octanol–water partition coefficient (Wildman–Crippen LogP) is 3.84. The normalized spacial score (nSPS) is 13.9. The lowest BCUT2D eigenvalue weighted by Gasteiger charge is -2.21. The summed E-state index contributed by atoms with van der Waals surface area (Å²) in [6.45, 7) is 5.52. The van der Waals surface area contributed by atoms with Crippen molar-refractivity contribution in [1.29, 1.82) is 0 Å². The van der Waals surface area contributed by atoms with Crippen LogP contribution in [0.4, 0.5) is 4.79 Å². The summed E-state index contributed by atoms with van der Waals surface area (Å²) in [5, 5.41) is 14.3. The Kier molecular flexibility index (Phi) is 7.65. The number of carbonyl (C=O) groups excluding carboxylic acids is 2. The molecule has 0 fully saturated rings. The van der Waals surface area contributed by atoms with Crippen LogP contribution in [-0.4, -0.2) is 41.8 Å². The number of fused-ring (bicyclic) bond motifs is 3. The monoisotopic (exact) mass is 436 g/mol. The van der Waals surface area contributed by atoms with E-state index in [0.29, 0.717) is 12.8 Å². The Morgan fingerprint density at radius 1 is 1.03 bits per heavy atom. The molecular weight excluding hydrogens is 408 g/mol. The van der Waals surface area contributed by atoms with E-state index in [1.54, 1.807) is 0 Å². The Morgan fingerprint density at radius 2 is 1.62 bits per heavy atom. The molecule has 7 nitrogen and oxygen atoms in total. The zero-order valence-electron chi connectivity index (χ0n) is 18.0. The highest BCUT2D eigenvalue weighted by Gasteiger charge is 2.30. The Bertz CT molecular complexity index is 958. The fraction of sp³-hybridized carbons (Fsp3) is 0.320. The molecule has 2 atom stereocenters. The number of carbonyl (C=O) groups is 3. The minimum atomic E-state index is -1.16. The van der Waals surface area contributed by atoms with Gasteiger partial charge in [-0.05, 0) is 35.1 Å². The first-order valence-electron chi connectivity index (χ1n) is 10.7. The number of carboxylic acids is 1. The molecule has 0 spiro atoms. The number of rotatable bonds is 10. The van der Waals surface area contributed by atoms with E-state index in [1.807, 2.05) is 43.3 Å². The van der Waals surface area contributed by atoms with Crippen molar-refractivity contribution in [2.45, 2.75) is 44.2 Å². The first-order valence-corrected chi connectivity index (χ1v) is 10.7. The van der Waals surface area contributed by atoms with E-state index in [0.717, 1.165) is 22.3 Å². The van der Waals surface area contributed by atoms with Crippen molar-refractivity contribution in [3.05, 3.63) is 72.3 Å². The maximum absolute atomic E-state index is 12.6. The quantitative estimate of drug-likeness (QED) is 0.491. The minimum Gasteiger partial charge on any atom is -0.480 e. The number of hydrogen-bond acceptors (Lipinski definition) is 4. The van der Waals surface area contributed by atoms with Gasteiger partial charge < -0.3 is 20.5 Å². The third-order valence-corrected chi connectivity index (χ3v) is 5.55. The summed E-state index contributed by atoms with van der Waals surface area (Å²) in [7, 11) is 0. The minimum absolute atomic E-state index is 0.0874. The van der Waals surface area contributed by atoms with E-state index in [2.05, 4.69) is 29.3 Å². The van der Waals surface area contributed by atoms with Crippen LogP contribution in [0.1, 0.15) is 43.2 Å². The molecule has 0 bridgehead atoms. The summed E-state index contributed by atoms with van der Waals surface area (Å²) >= 11 is 0. The Hall–Kier alpha value is -3.61. The highest BCUT2D eigenvalue weighted by molar-refractivity contribution is 5.89. The topological polar surface area (TPSA) is 105 Å². The molecule has 2 aromatic rings. The van der Waals surface area contributed by atoms with Gasteiger partial charge in [0.25, 0.3) is 0 Å². The van der Waals surface area contributed by atoms with Crippen molar-refractivity contribution in [3.8, 4) is 11.1 Å². The van der Waals surface area contributed by atoms with E-state index >= 15 is 0 Å². The molecule has 0 heterocycles. The van der Waals surface area contributed by atoms with Crippen molar-refractivity contribution in [2.24, 2.45) is 0 Å². The molecular formula is C25H28N2O5. The average molecular weight is 437 g/mol. The van der Waals surface area contributed by atoms with E-state index in [9.17, 15) is 19.5 Å². The van der Waals surface area contributed by atoms with Gasteiger partial charge in [-0.1, -0.05) is 68.0 Å². The second-order valence-corrected chi connectivity index (χ2v) is 7.73. The maximum Gasteiger partial charge on any atom is 0.407 e. The molecule has 3 N–H and O–H groups in total. The highest BCUT2D eigenvalue weighted by atomic mass is 16.5. The molecule has 0 radical (unpaired) electrons. The molecule has 0 aromatic heterocycles. The third kappa shape index (κ3) is 5.17. The van der Waals surface area contributed by atoms with Crippen molar-refractivity contribution in [3.63, 3.8) is 0 Å². The molecule has 168 valence electrons. The summed E-state index contributed by atoms with van der Waals surface area (Å²) < 4.78 is 5.50. The van der Waals surface area contributed by atoms with Crippen LogP contribution in [-0.2, 0) is 14.3 Å². The summed E-state index contributed by atoms with van der Waals surface area (Å²) in [6.07, 6.45) is 1.78. The van der Waals surface area contributed by atoms with Crippen LogP contribution in [0.2, 0.25) is 0 Å². The van der Waals surface area contributed by atoms with Crippen LogP contribution in [0.3, 0.4) is 0 Å². The lowest BCUT2D eigenvalue weighted by Crippen LogP contribution is -2.51. The number of aliphatic carboxylic acids is 1. The Labute approximate surface area is 187 Å². The molecule has 0 saturated heterocycles. The molecule has 2 aromatic carbocycles. The van der Waals surface area contributed by atoms with Crippen LogP contribution in [0, 0.1) is 0 Å². The van der Waals surface area contributed by atoms with Crippen LogP contribution in [0.25, 0.3) is 11.1 Å². The SMILES string of the molecule is C=CCC(NC(=O)[C@@H](CCC)NC(=O)OCC1c2ccccc2-c2ccccc21)C(=O)O. The summed E-state index contributed by atoms with van der Waals surface area (Å²) in [5.41, 5.74) is 4.45. The van der Waals surface area contributed by atoms with Crippen LogP contribution >= 0.6 is 0 Å². The van der Waals surface area contributed by atoms with Crippen molar-refractivity contribution in [1.82, 2.24) is 10.6 Å². The average Bonchev–Trinajstić information content (AvgIpc) is 3.10. The summed E-state index contributed by atoms with van der Waals surface area (Å²) in [5.74, 6) is -1.81. The lowest BCUT2D eigenvalue weighted by atomic mass is 9.98. The third-order valence-electron chi connectivity index (χ3n) is 5.55. The maximum atomic E-state index is 12.6. The number of hydrogen-bond donors (Lipinski definition) is 3. The van der Waals surface area contributed by atoms with Gasteiger partial charge in [0.2, 0.25) is 5.91 Å². The zero-order chi connectivity index (χ0) is 23.1. The highest BCUT2D eigenvalue weighted by Crippen LogP contribution is 2.44. The van der Waals surface area contributed by atoms with Gasteiger partial charge in [-0.25, -0.2) is 9.59 Å². The van der Waals surface area contributed by atoms with Gasteiger partial charge in [0.05, 0.1) is 0 Å². The van der Waals surface area contributed by atoms with E-state index < -0.39 is 30.1 Å². The second kappa shape index (κ2) is 10.6. The van der Waals surface area contributed by atoms with E-state index in [4.69, 9.17) is 4.74 Å². The van der Waals surface area contributed by atoms with Gasteiger partial charge in [-0.3, -0.25) is 4.79 Å². The van der Waals surface area contributed by atoms with Crippen molar-refractivity contribution < 1.29 is 24.2 Å². The van der Waals surface area contributed by atoms with Gasteiger partial charge in [0.1, 0.15) is 18.7 Å². The number of ether oxygens (including phenoxy) is 1. The number of alkyl carbamates (subject to hydrolysis) is 1. The molecule has 0 aliphatic heterocycles. The molecule has 1 unspecified atom stereocenters. The van der Waals surface area contributed by atoms with Gasteiger partial charge in [-0.15, -0.1) is 6.58 Å². The standard InChI is InChI=1S/C25H28N2O5/c1-3-9-21(23(28)26-22(10-4-2)24(29)30)27-25(31)32-15-20-18-13-7-5-11-16(18)17-12-6-8-14-19(17)20/h4-8,11-14,20-22H,2-3,9-10,15H2,1H3,(H,26,28)(H,27,31)(H,29,30)/t21-,22?/m1/s1. The van der Waals surface area contributed by atoms with Crippen molar-refractivity contribution >= 4 is 18.0 Å². The zero-order valence-corrected chi connectivity index (χ0v) is 18.0. The fourth-order valence-electron chi connectivity index (χ4n) is 4.00. The van der Waals surface area contributed by atoms with Gasteiger partial charge in [0.15, 0.2) is 0 Å². The largest absolute Gasteiger partial charge is 0.480 e. The molecule has 1 aliphatic rings. The number of nitrogens with one attached hydrogen (secondary N) is 2. The van der Waals surface area contributed by atoms with Gasteiger partial charge in [0, 0.05) is 5.92 Å². The first-order chi connectivity index (χ1) is 15.5. The fourth-order valence-corrected chi connectivity index (χ4v) is 4.00. The summed E-state index contributed by atoms with van der Waals surface area (Å²) in [4.78, 5) is 36.4. The number of amides is 2. The lowest BCUT2D eigenvalue weighted by molar-refractivity contribution is -0.142. The second-order valence-electron chi connectivity index (χ2n) is 7.73. The molecule has 7 heteroatoms. The van der Waals surface area contributed by atoms with Crippen molar-refractivity contribution in [2.75, 3.05) is 6.61 Å². The van der Waals surface area contributed by atoms with Crippen LogP contribution in [0.5, 0.6) is 0 Å². The smallest absolute Gasteiger partial charge is 0.407 e. The van der Waals surface area contributed by atoms with E-state index in [1.165, 1.54) is 6.08 Å². The molecule has 2 amide bonds. The van der Waals surface area contributed by atoms with Gasteiger partial charge >= 0.3 is 12.1 Å². The predicted molar refractivity (Wildman–Crippen MR) is 121 cm³/mol. The molecule has 32 heavy (non-hydrogen) atoms. The molecule has 3 rings (SSSR count). The van der Waals surface area contributed by atoms with Gasteiger partial charge in [-0.2, -0.15) is 0 Å². The van der Waals surface area contributed by atoms with Crippen LogP contribution in [0.15, 0.2) is 61.2 Å². The first kappa shape index (κ1) is 23.1. The van der Waals surface area contributed by atoms with Crippen LogP contribution < -0.4 is 10.6 Å². The van der Waals surface area contributed by atoms with E-state index in [-0.39, 0.29) is 18.9 Å². The molecule has 1 aliphatic carbocycles. The number of benzene rings is 2. The molecule has 0 saturated carbocycles. The Morgan fingerprint density at radius 3 is 2.16 bits per heavy atom. The number of carboxylic acid groups (broad SMARTS) is 1. The summed E-state index contributed by atoms with van der Waals surface area (Å²) in [6, 6.07) is 14.1. The Balaban J connectivity index is 1.64.